The van der Waals surface area contributed by atoms with E-state index in [0.29, 0.717) is 10.5 Å². The summed E-state index contributed by atoms with van der Waals surface area (Å²) in [6, 6.07) is -0.682. The van der Waals surface area contributed by atoms with E-state index in [-0.39, 0.29) is 17.5 Å². The van der Waals surface area contributed by atoms with Crippen molar-refractivity contribution in [3.8, 4) is 23.0 Å². The molecule has 0 radical (unpaired) electrons. The largest absolute Gasteiger partial charge is 0.342 e. The van der Waals surface area contributed by atoms with Crippen LogP contribution in [0.15, 0.2) is 49.2 Å². The van der Waals surface area contributed by atoms with E-state index in [0.717, 1.165) is 17.1 Å². The molecule has 0 saturated heterocycles. The molecule has 30 heavy (non-hydrogen) atoms. The Labute approximate surface area is 189 Å². The van der Waals surface area contributed by atoms with Gasteiger partial charge in [0.05, 0.1) is 13.6 Å². The van der Waals surface area contributed by atoms with Gasteiger partial charge in [0.25, 0.3) is 0 Å². The van der Waals surface area contributed by atoms with Crippen LogP contribution in [-0.2, 0) is 0 Å². The zero-order valence-corrected chi connectivity index (χ0v) is 15.2. The van der Waals surface area contributed by atoms with Crippen molar-refractivity contribution in [2.75, 3.05) is 4.90 Å². The van der Waals surface area contributed by atoms with E-state index in [1.54, 1.807) is 0 Å². The number of imidazole rings is 1. The molecule has 0 fully saturated rings. The van der Waals surface area contributed by atoms with Crippen LogP contribution in [-0.4, -0.2) is 40.3 Å². The summed E-state index contributed by atoms with van der Waals surface area (Å²) in [5, 5.41) is 7.52. The minimum Gasteiger partial charge on any atom is -0.342 e. The van der Waals surface area contributed by atoms with Crippen LogP contribution in [0.4, 0.5) is 10.2 Å². The number of rotatable bonds is 4. The summed E-state index contributed by atoms with van der Waals surface area (Å²) in [7, 11) is 0. The zero-order valence-electron chi connectivity index (χ0n) is 27.2. The maximum atomic E-state index is 13.5. The first kappa shape index (κ1) is 9.46. The second kappa shape index (κ2) is 7.01. The van der Waals surface area contributed by atoms with Crippen LogP contribution in [0.2, 0.25) is 0 Å². The fraction of sp³-hybridized carbons (Fsp3) is 0.286. The maximum Gasteiger partial charge on any atom is 0.237 e. The van der Waals surface area contributed by atoms with Gasteiger partial charge in [-0.2, -0.15) is 4.98 Å². The predicted octanol–water partition coefficient (Wildman–Crippen LogP) is 3.73. The molecule has 5 rings (SSSR count). The van der Waals surface area contributed by atoms with Crippen molar-refractivity contribution in [1.29, 1.82) is 0 Å². The van der Waals surface area contributed by atoms with Gasteiger partial charge in [-0.1, -0.05) is 6.85 Å². The number of benzene rings is 1. The van der Waals surface area contributed by atoms with Gasteiger partial charge >= 0.3 is 0 Å². The van der Waals surface area contributed by atoms with Gasteiger partial charge in [-0.05, 0) is 44.3 Å². The lowest BCUT2D eigenvalue weighted by Gasteiger charge is -2.39. The summed E-state index contributed by atoms with van der Waals surface area (Å²) < 4.78 is 115. The van der Waals surface area contributed by atoms with Gasteiger partial charge in [-0.15, -0.1) is 10.2 Å². The molecule has 8 nitrogen and oxygen atoms in total. The summed E-state index contributed by atoms with van der Waals surface area (Å²) in [6.45, 7) is -10.8. The quantitative estimate of drug-likeness (QED) is 0.504. The third kappa shape index (κ3) is 2.77. The first-order valence-corrected chi connectivity index (χ1v) is 8.67. The molecule has 1 aliphatic rings. The number of fused-ring (bicyclic) bond motifs is 3. The molecule has 1 aromatic carbocycles. The van der Waals surface area contributed by atoms with Crippen molar-refractivity contribution >= 4 is 5.82 Å². The van der Waals surface area contributed by atoms with Crippen LogP contribution in [0.25, 0.3) is 23.0 Å². The molecule has 1 aliphatic heterocycles. The number of nitrogens with zero attached hydrogens (tertiary/aromatic N) is 8. The molecule has 152 valence electrons. The molecule has 0 N–H and O–H groups in total. The molecule has 9 heteroatoms. The first-order chi connectivity index (χ1) is 19.3. The van der Waals surface area contributed by atoms with Crippen LogP contribution in [0, 0.1) is 5.82 Å². The summed E-state index contributed by atoms with van der Waals surface area (Å²) in [5.41, 5.74) is 0.294. The van der Waals surface area contributed by atoms with E-state index in [4.69, 9.17) is 16.4 Å². The third-order valence-electron chi connectivity index (χ3n) is 4.64. The van der Waals surface area contributed by atoms with Crippen molar-refractivity contribution in [3.63, 3.8) is 0 Å². The number of hydrogen-bond donors (Lipinski definition) is 0. The Balaban J connectivity index is 1.84. The highest BCUT2D eigenvalue weighted by atomic mass is 19.1. The molecule has 0 unspecified atom stereocenters. The second-order valence-electron chi connectivity index (χ2n) is 6.33. The zero-order chi connectivity index (χ0) is 31.0. The lowest BCUT2D eigenvalue weighted by Crippen LogP contribution is -2.40. The Morgan fingerprint density at radius 3 is 2.90 bits per heavy atom. The molecule has 0 spiro atoms. The summed E-state index contributed by atoms with van der Waals surface area (Å²) in [6.07, 6.45) is 1.63. The molecule has 0 aliphatic carbocycles. The highest BCUT2D eigenvalue weighted by Gasteiger charge is 2.35. The van der Waals surface area contributed by atoms with Crippen LogP contribution in [0.5, 0.6) is 0 Å². The molecule has 3 aromatic heterocycles. The topological polar surface area (TPSA) is 77.5 Å². The Hall–Kier alpha value is -3.62. The van der Waals surface area contributed by atoms with Gasteiger partial charge < -0.3 is 4.90 Å². The fourth-order valence-corrected chi connectivity index (χ4v) is 3.32. The van der Waals surface area contributed by atoms with E-state index < -0.39 is 56.4 Å². The van der Waals surface area contributed by atoms with Gasteiger partial charge in [-0.3, -0.25) is 9.13 Å². The fourth-order valence-electron chi connectivity index (χ4n) is 3.32. The predicted molar refractivity (Wildman–Crippen MR) is 110 cm³/mol. The Bertz CT molecular complexity index is 1610. The van der Waals surface area contributed by atoms with Crippen LogP contribution in [0.3, 0.4) is 0 Å². The molecule has 0 saturated carbocycles. The van der Waals surface area contributed by atoms with E-state index in [9.17, 15) is 4.39 Å². The summed E-state index contributed by atoms with van der Waals surface area (Å²) >= 11 is 0. The Morgan fingerprint density at radius 1 is 1.23 bits per heavy atom. The second-order valence-corrected chi connectivity index (χ2v) is 6.33. The Kier molecular flexibility index (Phi) is 2.21. The lowest BCUT2D eigenvalue weighted by atomic mass is 10.1. The van der Waals surface area contributed by atoms with Crippen molar-refractivity contribution in [2.24, 2.45) is 0 Å². The molecule has 0 amide bonds. The summed E-state index contributed by atoms with van der Waals surface area (Å²) in [4.78, 5) is 13.2. The maximum absolute atomic E-state index is 13.5. The smallest absolute Gasteiger partial charge is 0.237 e. The molecule has 4 heterocycles. The SMILES string of the molecule is [2H]C([2H])([2H])C([2H])([2H])[C@H]1c2nncn2-c2cnc(-n3ccnc3-c3ccc(F)cc3)nc2N1C([2H])(C([2H])([2H])[2H])C([2H])([2H])[2H]. The van der Waals surface area contributed by atoms with Gasteiger partial charge in [0.1, 0.15) is 23.7 Å². The van der Waals surface area contributed by atoms with Crippen molar-refractivity contribution in [2.45, 2.75) is 39.0 Å². The van der Waals surface area contributed by atoms with E-state index in [1.165, 1.54) is 41.2 Å². The summed E-state index contributed by atoms with van der Waals surface area (Å²) in [5.74, 6) is -1.57. The molecular formula is C21H21FN8. The van der Waals surface area contributed by atoms with Crippen molar-refractivity contribution < 1.29 is 20.8 Å². The van der Waals surface area contributed by atoms with Crippen LogP contribution < -0.4 is 4.90 Å². The number of anilines is 1. The number of aromatic nitrogens is 7. The third-order valence-corrected chi connectivity index (χ3v) is 4.64. The van der Waals surface area contributed by atoms with Gasteiger partial charge in [0.2, 0.25) is 5.95 Å². The highest BCUT2D eigenvalue weighted by molar-refractivity contribution is 5.63. The highest BCUT2D eigenvalue weighted by Crippen LogP contribution is 2.39. The van der Waals surface area contributed by atoms with E-state index in [1.807, 2.05) is 0 Å². The monoisotopic (exact) mass is 416 g/mol. The first-order valence-electron chi connectivity index (χ1n) is 14.7. The minimum absolute atomic E-state index is 0.134. The normalized spacial score (nSPS) is 23.4. The van der Waals surface area contributed by atoms with Crippen molar-refractivity contribution in [1.82, 2.24) is 34.3 Å². The van der Waals surface area contributed by atoms with E-state index in [2.05, 4.69) is 25.1 Å². The molecular weight excluding hydrogens is 383 g/mol. The molecule has 0 bridgehead atoms. The van der Waals surface area contributed by atoms with Gasteiger partial charge in [0, 0.05) is 39.1 Å². The Morgan fingerprint density at radius 2 is 2.10 bits per heavy atom. The van der Waals surface area contributed by atoms with E-state index >= 15 is 0 Å². The minimum atomic E-state index is -3.67. The van der Waals surface area contributed by atoms with Crippen molar-refractivity contribution in [3.05, 3.63) is 60.8 Å². The number of hydrogen-bond acceptors (Lipinski definition) is 6. The lowest BCUT2D eigenvalue weighted by molar-refractivity contribution is 0.497. The average Bonchev–Trinajstić information content (AvgIpc) is 3.55. The van der Waals surface area contributed by atoms with Crippen LogP contribution >= 0.6 is 0 Å². The standard InChI is InChI=1S/C21H21FN8/c1-4-16-20-27-25-12-29(20)17-11-24-21(26-19(17)30(16)13(2)3)28-10-9-23-18(28)14-5-7-15(22)8-6-14/h5-13,16H,4H2,1-3H3/t16-/m0/s1/i1D3,2D3,3D3,4D2,13D. The number of halogens is 1. The van der Waals surface area contributed by atoms with Gasteiger partial charge in [-0.25, -0.2) is 14.4 Å². The molecule has 1 atom stereocenters. The molecule has 4 aromatic rings. The average molecular weight is 417 g/mol. The van der Waals surface area contributed by atoms with Gasteiger partial charge in [0.15, 0.2) is 11.6 Å². The van der Waals surface area contributed by atoms with Crippen LogP contribution in [0.1, 0.15) is 55.2 Å².